The fourth-order valence-electron chi connectivity index (χ4n) is 3.67. The monoisotopic (exact) mass is 463 g/mol. The second-order valence-corrected chi connectivity index (χ2v) is 8.09. The van der Waals surface area contributed by atoms with E-state index >= 15 is 0 Å². The van der Waals surface area contributed by atoms with Crippen molar-refractivity contribution in [3.05, 3.63) is 42.5 Å². The molecule has 0 radical (unpaired) electrons. The molecule has 3 rings (SSSR count). The normalized spacial score (nSPS) is 22.1. The van der Waals surface area contributed by atoms with Crippen molar-refractivity contribution in [2.24, 2.45) is 11.8 Å². The first-order valence-electron chi connectivity index (χ1n) is 11.2. The summed E-state index contributed by atoms with van der Waals surface area (Å²) in [6.45, 7) is 7.65. The first-order chi connectivity index (χ1) is 15.8. The predicted molar refractivity (Wildman–Crippen MR) is 120 cm³/mol. The highest BCUT2D eigenvalue weighted by Crippen LogP contribution is 2.28. The molecule has 9 heteroatoms. The van der Waals surface area contributed by atoms with Gasteiger partial charge in [0.05, 0.1) is 25.2 Å². The average molecular weight is 464 g/mol. The van der Waals surface area contributed by atoms with E-state index < -0.39 is 11.9 Å². The minimum absolute atomic E-state index is 0.0650. The standard InChI is InChI=1S/C20H29NO4.C4H4O4/c1-16(7-9-21-10-13-23-14-11-21)19-15-17(8-12-24-19)20(22)25-18-5-3-2-4-6-18;5-3(6)1-2-4(7)8/h2-6,16-17,19H,7-15H2,1H3;1-2H,(H,5,6)(H,7,8)/b;2-1-. The van der Waals surface area contributed by atoms with Crippen molar-refractivity contribution in [3.8, 4) is 5.75 Å². The molecule has 2 aliphatic heterocycles. The molecule has 33 heavy (non-hydrogen) atoms. The van der Waals surface area contributed by atoms with Gasteiger partial charge in [0.2, 0.25) is 0 Å². The average Bonchev–Trinajstić information content (AvgIpc) is 2.83. The molecule has 2 N–H and O–H groups in total. The van der Waals surface area contributed by atoms with Crippen LogP contribution < -0.4 is 4.74 Å². The van der Waals surface area contributed by atoms with Crippen molar-refractivity contribution < 1.29 is 38.8 Å². The fraction of sp³-hybridized carbons (Fsp3) is 0.542. The Bertz CT molecular complexity index is 760. The molecule has 1 aromatic carbocycles. The molecule has 1 aromatic rings. The van der Waals surface area contributed by atoms with Crippen LogP contribution in [0.15, 0.2) is 42.5 Å². The molecule has 9 nitrogen and oxygen atoms in total. The van der Waals surface area contributed by atoms with Crippen molar-refractivity contribution in [1.29, 1.82) is 0 Å². The zero-order valence-corrected chi connectivity index (χ0v) is 18.9. The van der Waals surface area contributed by atoms with Gasteiger partial charge in [0.1, 0.15) is 5.75 Å². The third-order valence-electron chi connectivity index (χ3n) is 5.62. The van der Waals surface area contributed by atoms with Crippen LogP contribution in [0.5, 0.6) is 5.75 Å². The number of carbonyl (C=O) groups is 3. The first-order valence-corrected chi connectivity index (χ1v) is 11.2. The Morgan fingerprint density at radius 2 is 1.73 bits per heavy atom. The minimum Gasteiger partial charge on any atom is -0.478 e. The summed E-state index contributed by atoms with van der Waals surface area (Å²) in [6.07, 6.45) is 3.85. The maximum atomic E-state index is 12.4. The lowest BCUT2D eigenvalue weighted by atomic mass is 9.88. The first kappa shape index (κ1) is 26.5. The Kier molecular flexibility index (Phi) is 11.6. The minimum atomic E-state index is -1.26. The highest BCUT2D eigenvalue weighted by Gasteiger charge is 2.32. The van der Waals surface area contributed by atoms with Gasteiger partial charge in [0.15, 0.2) is 0 Å². The topological polar surface area (TPSA) is 123 Å². The van der Waals surface area contributed by atoms with Crippen LogP contribution in [-0.4, -0.2) is 78.6 Å². The van der Waals surface area contributed by atoms with E-state index in [9.17, 15) is 14.4 Å². The smallest absolute Gasteiger partial charge is 0.328 e. The molecule has 0 aromatic heterocycles. The van der Waals surface area contributed by atoms with Gasteiger partial charge in [-0.25, -0.2) is 9.59 Å². The summed E-state index contributed by atoms with van der Waals surface area (Å²) in [5, 5.41) is 15.6. The van der Waals surface area contributed by atoms with Gasteiger partial charge in [0.25, 0.3) is 0 Å². The van der Waals surface area contributed by atoms with E-state index in [0.29, 0.717) is 30.4 Å². The lowest BCUT2D eigenvalue weighted by Crippen LogP contribution is -2.40. The fourth-order valence-corrected chi connectivity index (χ4v) is 3.67. The van der Waals surface area contributed by atoms with Gasteiger partial charge in [-0.05, 0) is 43.9 Å². The Hall–Kier alpha value is -2.75. The number of hydrogen-bond acceptors (Lipinski definition) is 7. The van der Waals surface area contributed by atoms with Crippen LogP contribution in [0.25, 0.3) is 0 Å². The van der Waals surface area contributed by atoms with Gasteiger partial charge in [-0.3, -0.25) is 9.69 Å². The second kappa shape index (κ2) is 14.4. The number of carboxylic acid groups (broad SMARTS) is 2. The molecule has 0 spiro atoms. The van der Waals surface area contributed by atoms with Gasteiger partial charge in [-0.15, -0.1) is 0 Å². The summed E-state index contributed by atoms with van der Waals surface area (Å²) in [5.74, 6) is -1.64. The number of hydrogen-bond donors (Lipinski definition) is 2. The Balaban J connectivity index is 0.000000414. The molecule has 2 saturated heterocycles. The summed E-state index contributed by atoms with van der Waals surface area (Å²) >= 11 is 0. The van der Waals surface area contributed by atoms with Crippen LogP contribution in [0.1, 0.15) is 26.2 Å². The van der Waals surface area contributed by atoms with Crippen molar-refractivity contribution >= 4 is 17.9 Å². The summed E-state index contributed by atoms with van der Waals surface area (Å²) in [7, 11) is 0. The number of esters is 1. The number of carboxylic acids is 2. The van der Waals surface area contributed by atoms with Crippen LogP contribution in [0.4, 0.5) is 0 Å². The number of benzene rings is 1. The number of rotatable bonds is 8. The van der Waals surface area contributed by atoms with Gasteiger partial charge >= 0.3 is 17.9 Å². The summed E-state index contributed by atoms with van der Waals surface area (Å²) in [5.41, 5.74) is 0. The van der Waals surface area contributed by atoms with Gasteiger partial charge < -0.3 is 24.4 Å². The summed E-state index contributed by atoms with van der Waals surface area (Å²) < 4.78 is 16.9. The predicted octanol–water partition coefficient (Wildman–Crippen LogP) is 2.46. The Morgan fingerprint density at radius 1 is 1.09 bits per heavy atom. The summed E-state index contributed by atoms with van der Waals surface area (Å²) in [4.78, 5) is 34.0. The Morgan fingerprint density at radius 3 is 2.33 bits per heavy atom. The molecule has 0 amide bonds. The molecule has 3 atom stereocenters. The number of aliphatic carboxylic acids is 2. The maximum absolute atomic E-state index is 12.4. The van der Waals surface area contributed by atoms with E-state index in [1.165, 1.54) is 0 Å². The maximum Gasteiger partial charge on any atom is 0.328 e. The second-order valence-electron chi connectivity index (χ2n) is 8.09. The lowest BCUT2D eigenvalue weighted by molar-refractivity contribution is -0.145. The molecule has 2 fully saturated rings. The van der Waals surface area contributed by atoms with Gasteiger partial charge in [-0.2, -0.15) is 0 Å². The number of para-hydroxylation sites is 1. The highest BCUT2D eigenvalue weighted by molar-refractivity contribution is 5.89. The molecular weight excluding hydrogens is 430 g/mol. The van der Waals surface area contributed by atoms with Crippen LogP contribution in [0.2, 0.25) is 0 Å². The molecular formula is C24H33NO8. The molecule has 0 aliphatic carbocycles. The molecule has 0 bridgehead atoms. The zero-order chi connectivity index (χ0) is 24.1. The molecule has 2 aliphatic rings. The van der Waals surface area contributed by atoms with E-state index in [2.05, 4.69) is 11.8 Å². The highest BCUT2D eigenvalue weighted by atomic mass is 16.5. The third-order valence-corrected chi connectivity index (χ3v) is 5.62. The van der Waals surface area contributed by atoms with Gasteiger partial charge in [-0.1, -0.05) is 25.1 Å². The number of carbonyl (C=O) groups excluding carboxylic acids is 1. The lowest BCUT2D eigenvalue weighted by Gasteiger charge is -2.34. The Labute approximate surface area is 193 Å². The van der Waals surface area contributed by atoms with Crippen LogP contribution in [-0.2, 0) is 23.9 Å². The number of morpholine rings is 1. The van der Waals surface area contributed by atoms with Crippen molar-refractivity contribution in [2.75, 3.05) is 39.5 Å². The van der Waals surface area contributed by atoms with E-state index in [-0.39, 0.29) is 18.0 Å². The van der Waals surface area contributed by atoms with Crippen LogP contribution >= 0.6 is 0 Å². The van der Waals surface area contributed by atoms with E-state index in [1.54, 1.807) is 0 Å². The van der Waals surface area contributed by atoms with Crippen LogP contribution in [0, 0.1) is 11.8 Å². The van der Waals surface area contributed by atoms with Crippen molar-refractivity contribution in [1.82, 2.24) is 4.90 Å². The number of nitrogens with zero attached hydrogens (tertiary/aromatic N) is 1. The number of ether oxygens (including phenoxy) is 3. The van der Waals surface area contributed by atoms with Crippen molar-refractivity contribution in [2.45, 2.75) is 32.3 Å². The zero-order valence-electron chi connectivity index (χ0n) is 18.9. The van der Waals surface area contributed by atoms with E-state index in [4.69, 9.17) is 24.4 Å². The summed E-state index contributed by atoms with van der Waals surface area (Å²) in [6, 6.07) is 9.31. The van der Waals surface area contributed by atoms with E-state index in [1.807, 2.05) is 30.3 Å². The van der Waals surface area contributed by atoms with Gasteiger partial charge in [0, 0.05) is 31.8 Å². The molecule has 3 unspecified atom stereocenters. The largest absolute Gasteiger partial charge is 0.478 e. The molecule has 182 valence electrons. The molecule has 2 heterocycles. The third kappa shape index (κ3) is 10.6. The SMILES string of the molecule is CC(CCN1CCOCC1)C1CC(C(=O)Oc2ccccc2)CCO1.O=C(O)/C=C\C(=O)O. The van der Waals surface area contributed by atoms with Crippen LogP contribution in [0.3, 0.4) is 0 Å². The quantitative estimate of drug-likeness (QED) is 0.340. The molecule has 0 saturated carbocycles. The van der Waals surface area contributed by atoms with E-state index in [0.717, 1.165) is 52.1 Å². The van der Waals surface area contributed by atoms with Crippen molar-refractivity contribution in [3.63, 3.8) is 0 Å².